The van der Waals surface area contributed by atoms with E-state index in [-0.39, 0.29) is 17.9 Å². The van der Waals surface area contributed by atoms with E-state index >= 15 is 0 Å². The van der Waals surface area contributed by atoms with Gasteiger partial charge in [-0.1, -0.05) is 81.8 Å². The van der Waals surface area contributed by atoms with E-state index in [1.54, 1.807) is 0 Å². The number of anilines is 2. The minimum Gasteiger partial charge on any atom is -0.440 e. The summed E-state index contributed by atoms with van der Waals surface area (Å²) in [6.07, 6.45) is 2.50. The first-order valence-corrected chi connectivity index (χ1v) is 13.9. The van der Waals surface area contributed by atoms with Crippen molar-refractivity contribution >= 4 is 40.2 Å². The van der Waals surface area contributed by atoms with Crippen LogP contribution in [0, 0.1) is 0 Å². The largest absolute Gasteiger partial charge is 0.440 e. The molecule has 2 heterocycles. The Kier molecular flexibility index (Phi) is 7.78. The van der Waals surface area contributed by atoms with Gasteiger partial charge in [-0.2, -0.15) is 0 Å². The Bertz CT molecular complexity index is 1420. The maximum atomic E-state index is 13.5. The fraction of sp³-hybridized carbons (Fsp3) is 0.344. The summed E-state index contributed by atoms with van der Waals surface area (Å²) in [7, 11) is 0. The number of carbonyl (C=O) groups is 1. The number of fused-ring (bicyclic) bond motifs is 1. The SMILES string of the molecule is CC(C)c1cccc(C(C)C)c1NC(=O)Nc1oc2ccc(CN3CCCC3)cc2c1-c1ccccc1Cl. The number of carbonyl (C=O) groups excluding carboxylic acids is 1. The lowest BCUT2D eigenvalue weighted by molar-refractivity contribution is 0.261. The highest BCUT2D eigenvalue weighted by molar-refractivity contribution is 6.34. The zero-order valence-electron chi connectivity index (χ0n) is 22.6. The molecule has 1 aliphatic rings. The lowest BCUT2D eigenvalue weighted by Gasteiger charge is -2.20. The molecule has 4 aromatic rings. The first-order valence-electron chi connectivity index (χ1n) is 13.5. The second-order valence-corrected chi connectivity index (χ2v) is 11.2. The van der Waals surface area contributed by atoms with Crippen LogP contribution in [-0.2, 0) is 6.54 Å². The molecule has 5 rings (SSSR count). The van der Waals surface area contributed by atoms with E-state index in [2.05, 4.69) is 73.6 Å². The number of hydrogen-bond acceptors (Lipinski definition) is 3. The fourth-order valence-corrected chi connectivity index (χ4v) is 5.63. The van der Waals surface area contributed by atoms with Crippen molar-refractivity contribution in [3.63, 3.8) is 0 Å². The van der Waals surface area contributed by atoms with Crippen molar-refractivity contribution in [3.8, 4) is 11.1 Å². The third kappa shape index (κ3) is 5.45. The second-order valence-electron chi connectivity index (χ2n) is 10.8. The average molecular weight is 530 g/mol. The van der Waals surface area contributed by atoms with Crippen LogP contribution in [0.15, 0.2) is 65.1 Å². The van der Waals surface area contributed by atoms with Crippen LogP contribution in [0.25, 0.3) is 22.1 Å². The minimum atomic E-state index is -0.343. The number of nitrogens with zero attached hydrogens (tertiary/aromatic N) is 1. The molecule has 0 saturated carbocycles. The Hall–Kier alpha value is -3.28. The van der Waals surface area contributed by atoms with Gasteiger partial charge in [-0.05, 0) is 72.7 Å². The fourth-order valence-electron chi connectivity index (χ4n) is 5.40. The molecule has 5 nitrogen and oxygen atoms in total. The average Bonchev–Trinajstić information content (AvgIpc) is 3.51. The van der Waals surface area contributed by atoms with Gasteiger partial charge in [0.2, 0.25) is 5.88 Å². The van der Waals surface area contributed by atoms with Crippen LogP contribution < -0.4 is 10.6 Å². The summed E-state index contributed by atoms with van der Waals surface area (Å²) in [4.78, 5) is 15.9. The molecule has 1 aromatic heterocycles. The van der Waals surface area contributed by atoms with Gasteiger partial charge in [-0.25, -0.2) is 4.79 Å². The van der Waals surface area contributed by atoms with Crippen LogP contribution in [0.5, 0.6) is 0 Å². The first kappa shape index (κ1) is 26.3. The highest BCUT2D eigenvalue weighted by atomic mass is 35.5. The van der Waals surface area contributed by atoms with Crippen molar-refractivity contribution in [2.75, 3.05) is 23.7 Å². The van der Waals surface area contributed by atoms with Gasteiger partial charge in [0.1, 0.15) is 5.58 Å². The number of nitrogens with one attached hydrogen (secondary N) is 2. The van der Waals surface area contributed by atoms with Crippen molar-refractivity contribution < 1.29 is 9.21 Å². The number of likely N-dealkylation sites (tertiary alicyclic amines) is 1. The van der Waals surface area contributed by atoms with Gasteiger partial charge in [-0.3, -0.25) is 10.2 Å². The number of hydrogen-bond donors (Lipinski definition) is 2. The monoisotopic (exact) mass is 529 g/mol. The van der Waals surface area contributed by atoms with E-state index in [0.717, 1.165) is 53.0 Å². The number of para-hydroxylation sites is 1. The minimum absolute atomic E-state index is 0.267. The summed E-state index contributed by atoms with van der Waals surface area (Å²) in [6, 6.07) is 19.8. The van der Waals surface area contributed by atoms with E-state index in [1.807, 2.05) is 30.3 Å². The lowest BCUT2D eigenvalue weighted by Crippen LogP contribution is -2.21. The molecule has 0 spiro atoms. The highest BCUT2D eigenvalue weighted by Crippen LogP contribution is 2.42. The number of halogens is 1. The van der Waals surface area contributed by atoms with E-state index in [1.165, 1.54) is 18.4 Å². The summed E-state index contributed by atoms with van der Waals surface area (Å²) in [5, 5.41) is 7.70. The summed E-state index contributed by atoms with van der Waals surface area (Å²) < 4.78 is 6.25. The van der Waals surface area contributed by atoms with Gasteiger partial charge in [0.25, 0.3) is 0 Å². The molecule has 2 amide bonds. The molecular formula is C32H36ClN3O2. The molecule has 0 aliphatic carbocycles. The lowest BCUT2D eigenvalue weighted by atomic mass is 9.93. The number of rotatable bonds is 7. The van der Waals surface area contributed by atoms with Crippen LogP contribution in [0.3, 0.4) is 0 Å². The molecule has 0 atom stereocenters. The summed E-state index contributed by atoms with van der Waals surface area (Å²) >= 11 is 6.66. The molecule has 2 N–H and O–H groups in total. The van der Waals surface area contributed by atoms with Crippen molar-refractivity contribution in [2.24, 2.45) is 0 Å². The standard InChI is InChI=1S/C32H36ClN3O2/c1-20(2)23-11-9-12-24(21(3)4)30(23)34-32(37)35-31-29(25-10-5-6-13-27(25)33)26-18-22(14-15-28(26)38-31)19-36-16-7-8-17-36/h5-6,9-15,18,20-21H,7-8,16-17,19H2,1-4H3,(H2,34,35,37). The smallest absolute Gasteiger partial charge is 0.326 e. The van der Waals surface area contributed by atoms with Crippen molar-refractivity contribution in [1.82, 2.24) is 4.90 Å². The van der Waals surface area contributed by atoms with Gasteiger partial charge in [0.15, 0.2) is 0 Å². The van der Waals surface area contributed by atoms with Crippen molar-refractivity contribution in [2.45, 2.75) is 58.9 Å². The topological polar surface area (TPSA) is 57.5 Å². The molecule has 0 unspecified atom stereocenters. The molecule has 0 bridgehead atoms. The Morgan fingerprint density at radius 2 is 1.61 bits per heavy atom. The molecule has 0 radical (unpaired) electrons. The molecular weight excluding hydrogens is 494 g/mol. The molecule has 1 saturated heterocycles. The van der Waals surface area contributed by atoms with Crippen LogP contribution in [0.1, 0.15) is 69.1 Å². The van der Waals surface area contributed by atoms with Gasteiger partial charge in [0.05, 0.1) is 5.56 Å². The van der Waals surface area contributed by atoms with Crippen LogP contribution >= 0.6 is 11.6 Å². The summed E-state index contributed by atoms with van der Waals surface area (Å²) in [6.45, 7) is 11.7. The van der Waals surface area contributed by atoms with E-state index in [4.69, 9.17) is 16.0 Å². The summed E-state index contributed by atoms with van der Waals surface area (Å²) in [5.74, 6) is 0.919. The second kappa shape index (κ2) is 11.2. The Balaban J connectivity index is 1.53. The van der Waals surface area contributed by atoms with E-state index in [0.29, 0.717) is 16.5 Å². The van der Waals surface area contributed by atoms with Crippen LogP contribution in [-0.4, -0.2) is 24.0 Å². The predicted molar refractivity (Wildman–Crippen MR) is 158 cm³/mol. The number of furan rings is 1. The third-order valence-corrected chi connectivity index (χ3v) is 7.67. The van der Waals surface area contributed by atoms with Crippen LogP contribution in [0.4, 0.5) is 16.4 Å². The third-order valence-electron chi connectivity index (χ3n) is 7.34. The quantitative estimate of drug-likeness (QED) is 0.251. The predicted octanol–water partition coefficient (Wildman–Crippen LogP) is 9.24. The van der Waals surface area contributed by atoms with Crippen molar-refractivity contribution in [1.29, 1.82) is 0 Å². The maximum Gasteiger partial charge on any atom is 0.326 e. The Morgan fingerprint density at radius 1 is 0.921 bits per heavy atom. The van der Waals surface area contributed by atoms with Gasteiger partial charge < -0.3 is 9.73 Å². The number of benzene rings is 3. The van der Waals surface area contributed by atoms with Crippen LogP contribution in [0.2, 0.25) is 5.02 Å². The highest BCUT2D eigenvalue weighted by Gasteiger charge is 2.23. The summed E-state index contributed by atoms with van der Waals surface area (Å²) in [5.41, 5.74) is 6.63. The molecule has 198 valence electrons. The zero-order valence-corrected chi connectivity index (χ0v) is 23.4. The number of amides is 2. The molecule has 3 aromatic carbocycles. The number of urea groups is 1. The molecule has 6 heteroatoms. The van der Waals surface area contributed by atoms with E-state index < -0.39 is 0 Å². The Morgan fingerprint density at radius 3 is 2.26 bits per heavy atom. The normalized spacial score (nSPS) is 14.1. The maximum absolute atomic E-state index is 13.5. The van der Waals surface area contributed by atoms with Gasteiger partial charge >= 0.3 is 6.03 Å². The molecule has 38 heavy (non-hydrogen) atoms. The molecule has 1 fully saturated rings. The van der Waals surface area contributed by atoms with Crippen molar-refractivity contribution in [3.05, 3.63) is 82.4 Å². The Labute approximate surface area is 230 Å². The zero-order chi connectivity index (χ0) is 26.8. The molecule has 1 aliphatic heterocycles. The van der Waals surface area contributed by atoms with Gasteiger partial charge in [0, 0.05) is 28.2 Å². The van der Waals surface area contributed by atoms with Gasteiger partial charge in [-0.15, -0.1) is 0 Å². The van der Waals surface area contributed by atoms with E-state index in [9.17, 15) is 4.79 Å². The first-order chi connectivity index (χ1) is 18.3.